The van der Waals surface area contributed by atoms with Gasteiger partial charge in [0.2, 0.25) is 0 Å². The predicted molar refractivity (Wildman–Crippen MR) is 88.4 cm³/mol. The molecule has 0 aliphatic heterocycles. The number of imidazole rings is 1. The van der Waals surface area contributed by atoms with Crippen LogP contribution in [0.25, 0.3) is 11.0 Å². The van der Waals surface area contributed by atoms with Crippen molar-refractivity contribution in [3.05, 3.63) is 29.6 Å². The van der Waals surface area contributed by atoms with Crippen molar-refractivity contribution in [2.24, 2.45) is 5.73 Å². The van der Waals surface area contributed by atoms with Crippen molar-refractivity contribution in [1.82, 2.24) is 9.55 Å². The van der Waals surface area contributed by atoms with Gasteiger partial charge >= 0.3 is 0 Å². The van der Waals surface area contributed by atoms with Gasteiger partial charge in [0.15, 0.2) is 0 Å². The molecule has 2 N–H and O–H groups in total. The topological polar surface area (TPSA) is 43.8 Å². The first-order valence-electron chi connectivity index (χ1n) is 8.52. The van der Waals surface area contributed by atoms with Crippen LogP contribution in [0, 0.1) is 0 Å². The number of hydrogen-bond donors (Lipinski definition) is 1. The molecule has 1 aromatic carbocycles. The summed E-state index contributed by atoms with van der Waals surface area (Å²) in [6.07, 6.45) is 9.25. The van der Waals surface area contributed by atoms with Crippen molar-refractivity contribution in [3.63, 3.8) is 0 Å². The Bertz CT molecular complexity index is 592. The minimum atomic E-state index is 0.593. The highest BCUT2D eigenvalue weighted by atomic mass is 15.1. The summed E-state index contributed by atoms with van der Waals surface area (Å²) in [5.41, 5.74) is 9.37. The number of aryl methyl sites for hydroxylation is 1. The maximum atomic E-state index is 5.77. The highest BCUT2D eigenvalue weighted by Crippen LogP contribution is 2.33. The molecule has 0 unspecified atom stereocenters. The van der Waals surface area contributed by atoms with Gasteiger partial charge in [-0.15, -0.1) is 0 Å². The minimum absolute atomic E-state index is 0.593. The molecule has 0 atom stereocenters. The van der Waals surface area contributed by atoms with Gasteiger partial charge in [0, 0.05) is 19.0 Å². The zero-order valence-electron chi connectivity index (χ0n) is 13.1. The van der Waals surface area contributed by atoms with E-state index in [0.717, 1.165) is 18.5 Å². The zero-order chi connectivity index (χ0) is 14.7. The largest absolute Gasteiger partial charge is 0.328 e. The van der Waals surface area contributed by atoms with E-state index in [9.17, 15) is 0 Å². The van der Waals surface area contributed by atoms with Crippen molar-refractivity contribution in [1.29, 1.82) is 0 Å². The van der Waals surface area contributed by atoms with Crippen LogP contribution in [0.15, 0.2) is 18.2 Å². The molecule has 1 aromatic heterocycles. The predicted octanol–water partition coefficient (Wildman–Crippen LogP) is 4.34. The fraction of sp³-hybridized carbons (Fsp3) is 0.611. The summed E-state index contributed by atoms with van der Waals surface area (Å²) in [4.78, 5) is 5.01. The Morgan fingerprint density at radius 1 is 1.19 bits per heavy atom. The Labute approximate surface area is 127 Å². The van der Waals surface area contributed by atoms with Gasteiger partial charge < -0.3 is 10.3 Å². The van der Waals surface area contributed by atoms with Gasteiger partial charge in [-0.1, -0.05) is 38.7 Å². The third-order valence-electron chi connectivity index (χ3n) is 4.75. The van der Waals surface area contributed by atoms with E-state index in [1.165, 1.54) is 55.4 Å². The molecule has 1 aliphatic rings. The molecule has 0 spiro atoms. The number of benzene rings is 1. The van der Waals surface area contributed by atoms with Gasteiger partial charge in [0.05, 0.1) is 11.0 Å². The minimum Gasteiger partial charge on any atom is -0.328 e. The van der Waals surface area contributed by atoms with Gasteiger partial charge in [0.25, 0.3) is 0 Å². The van der Waals surface area contributed by atoms with Crippen molar-refractivity contribution >= 4 is 11.0 Å². The quantitative estimate of drug-likeness (QED) is 0.849. The lowest BCUT2D eigenvalue weighted by Crippen LogP contribution is -2.09. The summed E-state index contributed by atoms with van der Waals surface area (Å²) in [5.74, 6) is 1.97. The summed E-state index contributed by atoms with van der Waals surface area (Å²) >= 11 is 0. The van der Waals surface area contributed by atoms with Crippen LogP contribution in [-0.4, -0.2) is 9.55 Å². The van der Waals surface area contributed by atoms with Crippen LogP contribution >= 0.6 is 0 Å². The second kappa shape index (κ2) is 6.61. The van der Waals surface area contributed by atoms with Crippen LogP contribution in [0.5, 0.6) is 0 Å². The number of nitrogens with zero attached hydrogens (tertiary/aromatic N) is 2. The molecule has 1 saturated carbocycles. The van der Waals surface area contributed by atoms with Crippen LogP contribution in [0.3, 0.4) is 0 Å². The first-order valence-corrected chi connectivity index (χ1v) is 8.52. The Morgan fingerprint density at radius 2 is 1.95 bits per heavy atom. The van der Waals surface area contributed by atoms with Crippen molar-refractivity contribution in [2.75, 3.05) is 0 Å². The summed E-state index contributed by atoms with van der Waals surface area (Å²) in [6, 6.07) is 6.52. The van der Waals surface area contributed by atoms with E-state index in [-0.39, 0.29) is 0 Å². The molecule has 0 radical (unpaired) electrons. The van der Waals surface area contributed by atoms with Gasteiger partial charge in [0.1, 0.15) is 5.82 Å². The SMILES string of the molecule is CCCn1c(C2CCCCCC2)nc2cc(CN)ccc21. The second-order valence-electron chi connectivity index (χ2n) is 6.34. The molecule has 3 rings (SSSR count). The van der Waals surface area contributed by atoms with Gasteiger partial charge in [-0.05, 0) is 37.0 Å². The van der Waals surface area contributed by atoms with E-state index in [1.54, 1.807) is 0 Å². The standard InChI is InChI=1S/C18H27N3/c1-2-11-21-17-10-9-14(13-19)12-16(17)20-18(21)15-7-5-3-4-6-8-15/h9-10,12,15H,2-8,11,13,19H2,1H3. The third kappa shape index (κ3) is 2.98. The molecule has 1 aliphatic carbocycles. The monoisotopic (exact) mass is 285 g/mol. The Morgan fingerprint density at radius 3 is 2.62 bits per heavy atom. The third-order valence-corrected chi connectivity index (χ3v) is 4.75. The van der Waals surface area contributed by atoms with Crippen LogP contribution in [-0.2, 0) is 13.1 Å². The number of rotatable bonds is 4. The Hall–Kier alpha value is -1.35. The summed E-state index contributed by atoms with van der Waals surface area (Å²) < 4.78 is 2.46. The number of hydrogen-bond acceptors (Lipinski definition) is 2. The van der Waals surface area contributed by atoms with Crippen LogP contribution in [0.1, 0.15) is 69.2 Å². The van der Waals surface area contributed by atoms with E-state index in [2.05, 4.69) is 29.7 Å². The fourth-order valence-corrected chi connectivity index (χ4v) is 3.63. The lowest BCUT2D eigenvalue weighted by Gasteiger charge is -2.16. The molecule has 0 amide bonds. The molecule has 114 valence electrons. The summed E-state index contributed by atoms with van der Waals surface area (Å²) in [5, 5.41) is 0. The molecular weight excluding hydrogens is 258 g/mol. The Kier molecular flexibility index (Phi) is 4.59. The van der Waals surface area contributed by atoms with Gasteiger partial charge in [-0.25, -0.2) is 4.98 Å². The number of nitrogens with two attached hydrogens (primary N) is 1. The van der Waals surface area contributed by atoms with Gasteiger partial charge in [-0.2, -0.15) is 0 Å². The van der Waals surface area contributed by atoms with Gasteiger partial charge in [-0.3, -0.25) is 0 Å². The molecule has 2 aromatic rings. The number of aromatic nitrogens is 2. The molecule has 1 fully saturated rings. The first-order chi connectivity index (χ1) is 10.3. The zero-order valence-corrected chi connectivity index (χ0v) is 13.1. The normalized spacial score (nSPS) is 17.2. The van der Waals surface area contributed by atoms with Crippen LogP contribution in [0.4, 0.5) is 0 Å². The average molecular weight is 285 g/mol. The lowest BCUT2D eigenvalue weighted by molar-refractivity contribution is 0.522. The van der Waals surface area contributed by atoms with E-state index in [4.69, 9.17) is 10.7 Å². The molecule has 3 nitrogen and oxygen atoms in total. The average Bonchev–Trinajstić information content (AvgIpc) is 2.69. The van der Waals surface area contributed by atoms with E-state index < -0.39 is 0 Å². The Balaban J connectivity index is 2.04. The van der Waals surface area contributed by atoms with E-state index >= 15 is 0 Å². The van der Waals surface area contributed by atoms with Crippen LogP contribution < -0.4 is 5.73 Å². The summed E-state index contributed by atoms with van der Waals surface area (Å²) in [6.45, 7) is 3.91. The maximum absolute atomic E-state index is 5.77. The van der Waals surface area contributed by atoms with E-state index in [1.807, 2.05) is 0 Å². The number of fused-ring (bicyclic) bond motifs is 1. The molecule has 21 heavy (non-hydrogen) atoms. The first kappa shape index (κ1) is 14.6. The van der Waals surface area contributed by atoms with Crippen molar-refractivity contribution < 1.29 is 0 Å². The van der Waals surface area contributed by atoms with E-state index in [0.29, 0.717) is 12.5 Å². The fourth-order valence-electron chi connectivity index (χ4n) is 3.63. The van der Waals surface area contributed by atoms with Crippen LogP contribution in [0.2, 0.25) is 0 Å². The highest BCUT2D eigenvalue weighted by molar-refractivity contribution is 5.77. The van der Waals surface area contributed by atoms with Crippen molar-refractivity contribution in [2.45, 2.75) is 70.9 Å². The molecule has 0 saturated heterocycles. The lowest BCUT2D eigenvalue weighted by atomic mass is 9.99. The molecular formula is C18H27N3. The second-order valence-corrected chi connectivity index (χ2v) is 6.34. The smallest absolute Gasteiger partial charge is 0.112 e. The highest BCUT2D eigenvalue weighted by Gasteiger charge is 2.21. The van der Waals surface area contributed by atoms with Crippen molar-refractivity contribution in [3.8, 4) is 0 Å². The molecule has 0 bridgehead atoms. The molecule has 3 heteroatoms. The molecule has 1 heterocycles. The summed E-state index contributed by atoms with van der Waals surface area (Å²) in [7, 11) is 0. The maximum Gasteiger partial charge on any atom is 0.112 e.